The van der Waals surface area contributed by atoms with Crippen LogP contribution < -0.4 is 5.32 Å². The van der Waals surface area contributed by atoms with Crippen molar-refractivity contribution in [3.63, 3.8) is 0 Å². The van der Waals surface area contributed by atoms with Gasteiger partial charge in [-0.3, -0.25) is 4.68 Å². The highest BCUT2D eigenvalue weighted by Crippen LogP contribution is 2.24. The minimum absolute atomic E-state index is 0.394. The van der Waals surface area contributed by atoms with Crippen LogP contribution in [0.3, 0.4) is 0 Å². The van der Waals surface area contributed by atoms with Crippen LogP contribution in [0.2, 0.25) is 0 Å². The van der Waals surface area contributed by atoms with E-state index in [9.17, 15) is 5.11 Å². The number of nitrogens with one attached hydrogen (secondary N) is 1. The molecule has 0 spiro atoms. The van der Waals surface area contributed by atoms with Crippen LogP contribution in [0.5, 0.6) is 0 Å². The van der Waals surface area contributed by atoms with Crippen LogP contribution in [-0.2, 0) is 18.3 Å². The van der Waals surface area contributed by atoms with Gasteiger partial charge in [0.2, 0.25) is 0 Å². The van der Waals surface area contributed by atoms with E-state index in [1.165, 1.54) is 0 Å². The average molecular weight is 293 g/mol. The minimum atomic E-state index is -0.465. The smallest absolute Gasteiger partial charge is 0.0897 e. The van der Waals surface area contributed by atoms with Gasteiger partial charge in [-0.2, -0.15) is 5.10 Å². The molecule has 0 aromatic carbocycles. The van der Waals surface area contributed by atoms with Crippen LogP contribution in [0.25, 0.3) is 0 Å². The molecule has 5 heteroatoms. The molecule has 0 saturated carbocycles. The van der Waals surface area contributed by atoms with Crippen molar-refractivity contribution in [1.82, 2.24) is 15.1 Å². The van der Waals surface area contributed by atoms with Crippen molar-refractivity contribution in [2.75, 3.05) is 19.8 Å². The first kappa shape index (κ1) is 16.2. The van der Waals surface area contributed by atoms with Gasteiger partial charge in [0.15, 0.2) is 0 Å². The standard InChI is InChI=1S/C16H27N3O2/c1-13-5-3-4-6-14(13)11-21-12-16(20)10-17-9-15-7-8-18-19(15)2/h3-4,7-8,13-14,16-17,20H,5-6,9-12H2,1-2H3. The fraction of sp³-hybridized carbons (Fsp3) is 0.688. The molecule has 3 unspecified atom stereocenters. The molecule has 0 fully saturated rings. The lowest BCUT2D eigenvalue weighted by Crippen LogP contribution is -2.31. The maximum absolute atomic E-state index is 9.92. The Morgan fingerprint density at radius 3 is 3.00 bits per heavy atom. The van der Waals surface area contributed by atoms with Gasteiger partial charge in [0.25, 0.3) is 0 Å². The number of hydrogen-bond donors (Lipinski definition) is 2. The second-order valence-corrected chi connectivity index (χ2v) is 5.95. The van der Waals surface area contributed by atoms with Crippen LogP contribution >= 0.6 is 0 Å². The Labute approximate surface area is 127 Å². The Bertz CT molecular complexity index is 444. The molecule has 2 N–H and O–H groups in total. The summed E-state index contributed by atoms with van der Waals surface area (Å²) in [6.45, 7) is 4.64. The largest absolute Gasteiger partial charge is 0.389 e. The second-order valence-electron chi connectivity index (χ2n) is 5.95. The lowest BCUT2D eigenvalue weighted by atomic mass is 9.85. The Balaban J connectivity index is 1.56. The van der Waals surface area contributed by atoms with E-state index >= 15 is 0 Å². The molecule has 1 aromatic rings. The molecule has 0 saturated heterocycles. The van der Waals surface area contributed by atoms with Gasteiger partial charge >= 0.3 is 0 Å². The third-order valence-corrected chi connectivity index (χ3v) is 4.17. The molecule has 2 rings (SSSR count). The molecule has 0 radical (unpaired) electrons. The summed E-state index contributed by atoms with van der Waals surface area (Å²) in [7, 11) is 1.91. The maximum Gasteiger partial charge on any atom is 0.0897 e. The van der Waals surface area contributed by atoms with E-state index in [-0.39, 0.29) is 0 Å². The zero-order chi connectivity index (χ0) is 15.1. The molecular formula is C16H27N3O2. The molecule has 118 valence electrons. The van der Waals surface area contributed by atoms with E-state index in [0.29, 0.717) is 31.5 Å². The average Bonchev–Trinajstić information content (AvgIpc) is 2.87. The molecular weight excluding hydrogens is 266 g/mol. The SMILES string of the molecule is CC1CC=CCC1COCC(O)CNCc1ccnn1C. The Kier molecular flexibility index (Phi) is 6.42. The van der Waals surface area contributed by atoms with Crippen molar-refractivity contribution in [3.8, 4) is 0 Å². The molecule has 21 heavy (non-hydrogen) atoms. The van der Waals surface area contributed by atoms with E-state index in [0.717, 1.165) is 25.1 Å². The number of nitrogens with zero attached hydrogens (tertiary/aromatic N) is 2. The molecule has 1 aliphatic rings. The van der Waals surface area contributed by atoms with Crippen LogP contribution in [0, 0.1) is 11.8 Å². The fourth-order valence-corrected chi connectivity index (χ4v) is 2.59. The summed E-state index contributed by atoms with van der Waals surface area (Å²) in [6, 6.07) is 1.97. The van der Waals surface area contributed by atoms with Gasteiger partial charge in [-0.1, -0.05) is 19.1 Å². The number of ether oxygens (including phenoxy) is 1. The normalized spacial score (nSPS) is 23.4. The van der Waals surface area contributed by atoms with Crippen LogP contribution in [-0.4, -0.2) is 40.7 Å². The molecule has 0 amide bonds. The number of rotatable bonds is 8. The number of aliphatic hydroxyl groups excluding tert-OH is 1. The van der Waals surface area contributed by atoms with Gasteiger partial charge in [-0.05, 0) is 30.7 Å². The van der Waals surface area contributed by atoms with Gasteiger partial charge < -0.3 is 15.2 Å². The Hall–Kier alpha value is -1.17. The van der Waals surface area contributed by atoms with E-state index in [1.54, 1.807) is 6.20 Å². The van der Waals surface area contributed by atoms with E-state index in [1.807, 2.05) is 17.8 Å². The lowest BCUT2D eigenvalue weighted by Gasteiger charge is -2.25. The molecule has 1 aliphatic carbocycles. The summed E-state index contributed by atoms with van der Waals surface area (Å²) >= 11 is 0. The molecule has 1 aromatic heterocycles. The Morgan fingerprint density at radius 1 is 1.48 bits per heavy atom. The number of aryl methyl sites for hydroxylation is 1. The third-order valence-electron chi connectivity index (χ3n) is 4.17. The number of allylic oxidation sites excluding steroid dienone is 2. The van der Waals surface area contributed by atoms with Crippen LogP contribution in [0.15, 0.2) is 24.4 Å². The maximum atomic E-state index is 9.92. The van der Waals surface area contributed by atoms with E-state index in [2.05, 4.69) is 29.5 Å². The molecule has 5 nitrogen and oxygen atoms in total. The first-order chi connectivity index (χ1) is 10.2. The summed E-state index contributed by atoms with van der Waals surface area (Å²) in [5.74, 6) is 1.26. The van der Waals surface area contributed by atoms with Gasteiger partial charge in [0.05, 0.1) is 25.0 Å². The van der Waals surface area contributed by atoms with Gasteiger partial charge in [-0.25, -0.2) is 0 Å². The quantitative estimate of drug-likeness (QED) is 0.713. The zero-order valence-corrected chi connectivity index (χ0v) is 13.0. The summed E-state index contributed by atoms with van der Waals surface area (Å²) in [5, 5.41) is 17.2. The number of aromatic nitrogens is 2. The highest BCUT2D eigenvalue weighted by molar-refractivity contribution is 4.99. The van der Waals surface area contributed by atoms with E-state index < -0.39 is 6.10 Å². The van der Waals surface area contributed by atoms with Gasteiger partial charge in [0, 0.05) is 26.3 Å². The monoisotopic (exact) mass is 293 g/mol. The first-order valence-corrected chi connectivity index (χ1v) is 7.75. The van der Waals surface area contributed by atoms with Crippen molar-refractivity contribution in [2.45, 2.75) is 32.4 Å². The predicted molar refractivity (Wildman–Crippen MR) is 82.8 cm³/mol. The van der Waals surface area contributed by atoms with Crippen LogP contribution in [0.4, 0.5) is 0 Å². The fourth-order valence-electron chi connectivity index (χ4n) is 2.59. The van der Waals surface area contributed by atoms with Crippen molar-refractivity contribution in [2.24, 2.45) is 18.9 Å². The topological polar surface area (TPSA) is 59.3 Å². The third kappa shape index (κ3) is 5.26. The minimum Gasteiger partial charge on any atom is -0.389 e. The van der Waals surface area contributed by atoms with Crippen molar-refractivity contribution in [1.29, 1.82) is 0 Å². The van der Waals surface area contributed by atoms with Crippen molar-refractivity contribution in [3.05, 3.63) is 30.1 Å². The highest BCUT2D eigenvalue weighted by atomic mass is 16.5. The lowest BCUT2D eigenvalue weighted by molar-refractivity contribution is 0.0127. The summed E-state index contributed by atoms with van der Waals surface area (Å²) in [5.41, 5.74) is 1.10. The predicted octanol–water partition coefficient (Wildman–Crippen LogP) is 1.49. The molecule has 1 heterocycles. The molecule has 0 aliphatic heterocycles. The van der Waals surface area contributed by atoms with Gasteiger partial charge in [0.1, 0.15) is 0 Å². The van der Waals surface area contributed by atoms with E-state index in [4.69, 9.17) is 4.74 Å². The van der Waals surface area contributed by atoms with Crippen molar-refractivity contribution >= 4 is 0 Å². The molecule has 0 bridgehead atoms. The number of hydrogen-bond acceptors (Lipinski definition) is 4. The molecule has 3 atom stereocenters. The highest BCUT2D eigenvalue weighted by Gasteiger charge is 2.18. The first-order valence-electron chi connectivity index (χ1n) is 7.75. The van der Waals surface area contributed by atoms with Crippen molar-refractivity contribution < 1.29 is 9.84 Å². The Morgan fingerprint density at radius 2 is 2.29 bits per heavy atom. The summed E-state index contributed by atoms with van der Waals surface area (Å²) < 4.78 is 7.50. The second kappa shape index (κ2) is 8.32. The summed E-state index contributed by atoms with van der Waals surface area (Å²) in [6.07, 6.45) is 8.03. The summed E-state index contributed by atoms with van der Waals surface area (Å²) in [4.78, 5) is 0. The number of aliphatic hydroxyl groups is 1. The van der Waals surface area contributed by atoms with Gasteiger partial charge in [-0.15, -0.1) is 0 Å². The zero-order valence-electron chi connectivity index (χ0n) is 13.0. The van der Waals surface area contributed by atoms with Crippen LogP contribution in [0.1, 0.15) is 25.5 Å².